The summed E-state index contributed by atoms with van der Waals surface area (Å²) in [7, 11) is 3.88. The van der Waals surface area contributed by atoms with Crippen LogP contribution in [0.5, 0.6) is 0 Å². The Morgan fingerprint density at radius 1 is 0.410 bits per heavy atom. The van der Waals surface area contributed by atoms with Gasteiger partial charge in [-0.3, -0.25) is 63.2 Å². The number of nitrogen functional groups attached to an aromatic ring is 1. The molecule has 8 aliphatic rings. The number of halogens is 4. The zero-order valence-corrected chi connectivity index (χ0v) is 86.4. The number of carboxylic acid groups (broad SMARTS) is 4. The number of methoxy groups -OCH3 is 2. The third-order valence-electron chi connectivity index (χ3n) is 22.7. The van der Waals surface area contributed by atoms with Crippen molar-refractivity contribution in [2.45, 2.75) is 240 Å². The second kappa shape index (κ2) is 73.1. The number of nitrogens with one attached hydrogen (secondary N) is 7. The minimum Gasteiger partial charge on any atom is -0.481 e. The van der Waals surface area contributed by atoms with Crippen molar-refractivity contribution >= 4 is 167 Å². The lowest BCUT2D eigenvalue weighted by Crippen LogP contribution is -2.42. The van der Waals surface area contributed by atoms with E-state index in [0.717, 1.165) is 250 Å². The van der Waals surface area contributed by atoms with Crippen LogP contribution in [0.3, 0.4) is 0 Å². The number of rotatable bonds is 27. The molecule has 0 bridgehead atoms. The fourth-order valence-corrected chi connectivity index (χ4v) is 15.9. The fraction of sp³-hybridized carbons (Fsp3) is 0.616. The van der Waals surface area contributed by atoms with Gasteiger partial charge >= 0.3 is 48.0 Å². The highest BCUT2D eigenvalue weighted by Gasteiger charge is 2.31. The first-order chi connectivity index (χ1) is 64.2. The summed E-state index contributed by atoms with van der Waals surface area (Å²) >= 11 is 1.48. The zero-order chi connectivity index (χ0) is 98.1. The number of nitrogens with zero attached hydrogens (tertiary/aromatic N) is 8. The summed E-state index contributed by atoms with van der Waals surface area (Å²) in [6, 6.07) is 31.3. The smallest absolute Gasteiger partial charge is 0.416 e. The Morgan fingerprint density at radius 3 is 1.05 bits per heavy atom. The van der Waals surface area contributed by atoms with Gasteiger partial charge in [0.25, 0.3) is 0 Å². The van der Waals surface area contributed by atoms with E-state index >= 15 is 0 Å². The van der Waals surface area contributed by atoms with Crippen molar-refractivity contribution in [3.05, 3.63) is 119 Å². The van der Waals surface area contributed by atoms with Crippen molar-refractivity contribution in [2.75, 3.05) is 154 Å². The highest BCUT2D eigenvalue weighted by atomic mass is 35.5. The van der Waals surface area contributed by atoms with Crippen molar-refractivity contribution in [1.29, 1.82) is 0 Å². The van der Waals surface area contributed by atoms with Crippen molar-refractivity contribution in [1.82, 2.24) is 40.9 Å². The summed E-state index contributed by atoms with van der Waals surface area (Å²) < 4.78 is 19.9. The maximum Gasteiger partial charge on any atom is 0.416 e. The Kier molecular flexibility index (Phi) is 67.7. The summed E-state index contributed by atoms with van der Waals surface area (Å²) in [5, 5.41) is 65.0. The van der Waals surface area contributed by atoms with Crippen LogP contribution in [0, 0.1) is 23.7 Å². The van der Waals surface area contributed by atoms with E-state index in [2.05, 4.69) is 80.1 Å². The molecule has 12 rings (SSSR count). The molecule has 0 atom stereocenters. The van der Waals surface area contributed by atoms with E-state index < -0.39 is 35.1 Å². The number of carbonyl (C=O) groups excluding carboxylic acids is 6. The van der Waals surface area contributed by atoms with E-state index in [9.17, 15) is 47.9 Å². The summed E-state index contributed by atoms with van der Waals surface area (Å²) in [5.74, 6) is 1.65. The molecule has 4 aromatic carbocycles. The molecule has 0 aromatic heterocycles. The van der Waals surface area contributed by atoms with E-state index in [1.54, 1.807) is 21.9 Å². The standard InChI is InChI=1S/C22H32N4O3.C21H30N4O3.C13H17N3O2.C13H23NO4.C10H18N2O2S.C9H17NO2.C9H11NO2.CH4O.CH4.4ClH/c1-29-21(28)9-7-17-10-14-26(15-11-17)20(27)8-6-18-4-2-5-19(16-18)25-22-23-12-3-13-24-22;26-19(25-13-9-16(10-14-25)6-8-20(27)28)7-5-17-3-1-4-18(15-17)24-21-22-11-2-12-23-21;17-12(18)6-5-10-3-1-4-11(9-10)16-13-14-7-2-8-15-13;1-13(2,3)18-12(17)14-8-6-10(7-9-14)4-5-11(15)16;1-10(2,3)14-9(13)12-7-5-6-11-8(12)15-4;1-12-9(11)3-2-8-4-6-10-7-5-8;10-8-3-1-2-7(6-8)4-5-9(11)12;1-2;;;;;/h2,4-5,16-17H,3,6-15H2,1H3,(H2,23,24,25);1,3-4,15-16H,2,5-14H2,(H,27,28)(H2,22,23,24);1,3-4,9H,2,5-8H2,(H,17,18)(H2,14,15,16);10H,4-9H2,1-3H3,(H,15,16);5-7H2,1-4H3;8,10H,2-7H2,1H3;1-3,6H,4-5,10H2,(H,11,12);2H,1H3;1H4;4*1H. The Labute approximate surface area is 852 Å². The fourth-order valence-electron chi connectivity index (χ4n) is 15.3. The number of esters is 2. The predicted octanol–water partition coefficient (Wildman–Crippen LogP) is 15.5. The van der Waals surface area contributed by atoms with Gasteiger partial charge < -0.3 is 102 Å². The van der Waals surface area contributed by atoms with E-state index in [-0.39, 0.29) is 119 Å². The van der Waals surface area contributed by atoms with Gasteiger partial charge in [0.2, 0.25) is 11.8 Å². The van der Waals surface area contributed by atoms with Crippen LogP contribution >= 0.6 is 61.4 Å². The first kappa shape index (κ1) is 129. The topological polar surface area (TPSA) is 481 Å². The van der Waals surface area contributed by atoms with Gasteiger partial charge in [-0.25, -0.2) is 9.59 Å². The molecule has 4 saturated heterocycles. The summed E-state index contributed by atoms with van der Waals surface area (Å²) in [5.41, 5.74) is 12.5. The highest BCUT2D eigenvalue weighted by molar-refractivity contribution is 8.13. The van der Waals surface area contributed by atoms with E-state index in [0.29, 0.717) is 94.4 Å². The van der Waals surface area contributed by atoms with Crippen molar-refractivity contribution in [3.63, 3.8) is 0 Å². The van der Waals surface area contributed by atoms with Crippen LogP contribution in [-0.2, 0) is 83.0 Å². The number of amidine groups is 1. The average Bonchev–Trinajstić information content (AvgIpc) is 0.845. The van der Waals surface area contributed by atoms with Crippen molar-refractivity contribution in [3.8, 4) is 0 Å². The lowest BCUT2D eigenvalue weighted by atomic mass is 9.92. The number of thioether (sulfide) groups is 1. The van der Waals surface area contributed by atoms with Gasteiger partial charge in [-0.05, 0) is 284 Å². The number of aryl methyl sites for hydroxylation is 4. The number of guanidine groups is 3. The number of hydrogen-bond donors (Lipinski definition) is 13. The van der Waals surface area contributed by atoms with Crippen LogP contribution in [0.2, 0.25) is 0 Å². The SMILES string of the molecule is C.CC(C)(C)OC(=O)N1CCC(CCC(=O)O)CC1.CO.COC(=O)CCC1CCN(C(=O)CCc2cccc(NC3=NCCCN3)c2)CC1.COC(=O)CCC1CCNCC1.CSC1=NCCCN1C(=O)OC(C)(C)C.Cl.Cl.Cl.Cl.Nc1cccc(CCC(=O)O)c1.O=C(O)CCC1CCN(C(=O)CCc2cccc(NC3=NCCCN3)c2)CC1.O=C(O)CCc1cccc(NC2=NCCCN2)c1. The van der Waals surface area contributed by atoms with Crippen LogP contribution < -0.4 is 43.0 Å². The van der Waals surface area contributed by atoms with Gasteiger partial charge in [0.05, 0.1) is 14.2 Å². The number of aliphatic hydroxyl groups is 1. The molecule has 35 nitrogen and oxygen atoms in total. The summed E-state index contributed by atoms with van der Waals surface area (Å²) in [6.45, 7) is 24.6. The molecule has 0 radical (unpaired) electrons. The Hall–Kier alpha value is -10.1. The molecule has 0 aliphatic carbocycles. The molecule has 8 aliphatic heterocycles. The number of likely N-dealkylation sites (tertiary alicyclic amines) is 3. The van der Waals surface area contributed by atoms with E-state index in [4.69, 9.17) is 45.5 Å². The lowest BCUT2D eigenvalue weighted by Gasteiger charge is -2.33. The summed E-state index contributed by atoms with van der Waals surface area (Å²) in [6.07, 6.45) is 22.0. The normalized spacial score (nSPS) is 15.7. The van der Waals surface area contributed by atoms with Gasteiger partial charge in [0.15, 0.2) is 23.0 Å². The Balaban J connectivity index is 0.00000162. The number of aliphatic hydroxyl groups excluding tert-OH is 1. The van der Waals surface area contributed by atoms with E-state index in [1.165, 1.54) is 38.8 Å². The van der Waals surface area contributed by atoms with Gasteiger partial charge in [-0.2, -0.15) is 0 Å². The molecular weight excluding hydrogens is 1890 g/mol. The average molecular weight is 2050 g/mol. The van der Waals surface area contributed by atoms with Crippen LogP contribution in [0.25, 0.3) is 0 Å². The third-order valence-corrected chi connectivity index (χ3v) is 23.4. The molecule has 4 amide bonds. The molecule has 139 heavy (non-hydrogen) atoms. The number of aliphatic carboxylic acids is 4. The van der Waals surface area contributed by atoms with Crippen LogP contribution in [0.15, 0.2) is 117 Å². The van der Waals surface area contributed by atoms with Gasteiger partial charge in [0.1, 0.15) is 11.2 Å². The number of aliphatic imine (C=N–C) groups is 4. The molecule has 14 N–H and O–H groups in total. The molecule has 40 heteroatoms. The molecule has 8 heterocycles. The van der Waals surface area contributed by atoms with Crippen LogP contribution in [0.4, 0.5) is 32.3 Å². The third kappa shape index (κ3) is 58.0. The Bertz CT molecular complexity index is 4380. The highest BCUT2D eigenvalue weighted by Crippen LogP contribution is 2.28. The molecule has 0 unspecified atom stereocenters. The second-order valence-electron chi connectivity index (χ2n) is 35.7. The first-order valence-corrected chi connectivity index (χ1v) is 48.5. The van der Waals surface area contributed by atoms with Crippen LogP contribution in [-0.4, -0.2) is 271 Å². The molecule has 0 saturated carbocycles. The number of anilines is 4. The van der Waals surface area contributed by atoms with Gasteiger partial charge in [0, 0.05) is 173 Å². The molecule has 4 fully saturated rings. The Morgan fingerprint density at radius 2 is 0.727 bits per heavy atom. The number of nitrogens with two attached hydrogens (primary N) is 1. The molecular formula is C99H160Cl4N16O19S. The number of benzene rings is 4. The molecule has 784 valence electrons. The number of amides is 4. The quantitative estimate of drug-likeness (QED) is 0.0150. The minimum absolute atomic E-state index is 0. The number of hydrogen-bond acceptors (Lipinski definition) is 28. The number of piperidine rings is 4. The first-order valence-electron chi connectivity index (χ1n) is 47.3. The predicted molar refractivity (Wildman–Crippen MR) is 563 cm³/mol. The van der Waals surface area contributed by atoms with Crippen molar-refractivity contribution in [2.24, 2.45) is 43.6 Å². The second-order valence-corrected chi connectivity index (χ2v) is 36.5. The maximum atomic E-state index is 12.6. The largest absolute Gasteiger partial charge is 0.481 e. The number of carbonyl (C=O) groups is 10. The minimum atomic E-state index is -0.780. The number of ether oxygens (including phenoxy) is 4. The van der Waals surface area contributed by atoms with E-state index in [1.807, 2.05) is 124 Å². The lowest BCUT2D eigenvalue weighted by molar-refractivity contribution is -0.142. The molecule has 0 spiro atoms. The molecule has 4 aromatic rings. The van der Waals surface area contributed by atoms with Crippen molar-refractivity contribution < 1.29 is 92.4 Å². The van der Waals surface area contributed by atoms with Gasteiger partial charge in [-0.1, -0.05) is 67.7 Å². The zero-order valence-electron chi connectivity index (χ0n) is 82.3. The number of carboxylic acids is 4. The van der Waals surface area contributed by atoms with Gasteiger partial charge in [-0.15, -0.1) is 49.6 Å². The monoisotopic (exact) mass is 2050 g/mol. The maximum absolute atomic E-state index is 12.6. The summed E-state index contributed by atoms with van der Waals surface area (Å²) in [4.78, 5) is 137. The van der Waals surface area contributed by atoms with Crippen LogP contribution in [0.1, 0.15) is 225 Å².